The normalized spacial score (nSPS) is 10.9. The molecule has 3 aromatic rings. The summed E-state index contributed by atoms with van der Waals surface area (Å²) in [5, 5.41) is 6.22. The van der Waals surface area contributed by atoms with Crippen LogP contribution in [0.25, 0.3) is 11.1 Å². The average Bonchev–Trinajstić information content (AvgIpc) is 2.73. The van der Waals surface area contributed by atoms with Crippen molar-refractivity contribution < 1.29 is 13.2 Å². The van der Waals surface area contributed by atoms with Gasteiger partial charge >= 0.3 is 0 Å². The zero-order valence-electron chi connectivity index (χ0n) is 18.5. The van der Waals surface area contributed by atoms with Gasteiger partial charge in [0.25, 0.3) is 5.91 Å². The van der Waals surface area contributed by atoms with Gasteiger partial charge in [0.05, 0.1) is 17.6 Å². The van der Waals surface area contributed by atoms with Gasteiger partial charge in [-0.15, -0.1) is 12.4 Å². The summed E-state index contributed by atoms with van der Waals surface area (Å²) < 4.78 is 25.4. The molecule has 1 amide bonds. The Kier molecular flexibility index (Phi) is 8.30. The van der Waals surface area contributed by atoms with Crippen LogP contribution in [0, 0.1) is 0 Å². The highest BCUT2D eigenvalue weighted by Gasteiger charge is 2.18. The molecule has 0 radical (unpaired) electrons. The van der Waals surface area contributed by atoms with Crippen molar-refractivity contribution in [2.75, 3.05) is 28.2 Å². The van der Waals surface area contributed by atoms with Crippen LogP contribution in [0.5, 0.6) is 0 Å². The fourth-order valence-electron chi connectivity index (χ4n) is 3.15. The van der Waals surface area contributed by atoms with E-state index in [1.807, 2.05) is 36.4 Å². The number of halogens is 1. The molecule has 0 aliphatic rings. The number of anilines is 3. The summed E-state index contributed by atoms with van der Waals surface area (Å²) in [6.07, 6.45) is 1.13. The molecule has 0 unspecified atom stereocenters. The number of benzene rings is 3. The van der Waals surface area contributed by atoms with E-state index in [-0.39, 0.29) is 18.3 Å². The first kappa shape index (κ1) is 25.2. The molecule has 3 aromatic carbocycles. The van der Waals surface area contributed by atoms with Gasteiger partial charge in [0.2, 0.25) is 10.0 Å². The number of carbonyl (C=O) groups excluding carboxylic acids is 1. The third-order valence-corrected chi connectivity index (χ3v) is 5.98. The van der Waals surface area contributed by atoms with E-state index in [1.165, 1.54) is 7.05 Å². The number of amides is 1. The standard InChI is InChI=1S/C24H27N3O3S.ClH/c1-17(2)25-21-13-10-18(11-14-21)20-12-15-23(27(3)31(4,29)30)22(16-20)26-24(28)19-8-6-5-7-9-19;/h5-17,25H,1-4H3,(H,26,28);1H. The van der Waals surface area contributed by atoms with Crippen molar-refractivity contribution in [3.63, 3.8) is 0 Å². The highest BCUT2D eigenvalue weighted by Crippen LogP contribution is 2.33. The highest BCUT2D eigenvalue weighted by molar-refractivity contribution is 7.92. The molecule has 0 fully saturated rings. The lowest BCUT2D eigenvalue weighted by molar-refractivity contribution is 0.102. The van der Waals surface area contributed by atoms with Crippen molar-refractivity contribution in [2.45, 2.75) is 19.9 Å². The van der Waals surface area contributed by atoms with E-state index < -0.39 is 10.0 Å². The Morgan fingerprint density at radius 2 is 1.50 bits per heavy atom. The minimum Gasteiger partial charge on any atom is -0.383 e. The van der Waals surface area contributed by atoms with Crippen LogP contribution in [0.3, 0.4) is 0 Å². The number of sulfonamides is 1. The zero-order chi connectivity index (χ0) is 22.6. The van der Waals surface area contributed by atoms with Crippen molar-refractivity contribution in [1.82, 2.24) is 0 Å². The van der Waals surface area contributed by atoms with Crippen LogP contribution in [0.15, 0.2) is 72.8 Å². The first-order valence-corrected chi connectivity index (χ1v) is 11.8. The van der Waals surface area contributed by atoms with Crippen LogP contribution in [0.4, 0.5) is 17.1 Å². The molecule has 0 heterocycles. The van der Waals surface area contributed by atoms with Gasteiger partial charge in [0, 0.05) is 24.3 Å². The molecule has 0 aliphatic heterocycles. The molecule has 0 bridgehead atoms. The van der Waals surface area contributed by atoms with Gasteiger partial charge in [-0.25, -0.2) is 8.42 Å². The number of hydrogen-bond acceptors (Lipinski definition) is 4. The summed E-state index contributed by atoms with van der Waals surface area (Å²) in [5.41, 5.74) is 4.15. The van der Waals surface area contributed by atoms with Gasteiger partial charge in [-0.2, -0.15) is 0 Å². The SMILES string of the molecule is CC(C)Nc1ccc(-c2ccc(N(C)S(C)(=O)=O)c(NC(=O)c3ccccc3)c2)cc1.Cl. The maximum absolute atomic E-state index is 12.7. The number of nitrogens with zero attached hydrogens (tertiary/aromatic N) is 1. The second-order valence-electron chi connectivity index (χ2n) is 7.66. The molecule has 0 aliphatic carbocycles. The van der Waals surface area contributed by atoms with Crippen molar-refractivity contribution in [2.24, 2.45) is 0 Å². The molecule has 0 atom stereocenters. The minimum atomic E-state index is -3.50. The Labute approximate surface area is 196 Å². The highest BCUT2D eigenvalue weighted by atomic mass is 35.5. The van der Waals surface area contributed by atoms with E-state index in [0.29, 0.717) is 23.0 Å². The summed E-state index contributed by atoms with van der Waals surface area (Å²) in [6.45, 7) is 4.15. The fourth-order valence-corrected chi connectivity index (χ4v) is 3.66. The number of hydrogen-bond donors (Lipinski definition) is 2. The smallest absolute Gasteiger partial charge is 0.255 e. The topological polar surface area (TPSA) is 78.5 Å². The summed E-state index contributed by atoms with van der Waals surface area (Å²) >= 11 is 0. The van der Waals surface area contributed by atoms with E-state index in [1.54, 1.807) is 36.4 Å². The average molecular weight is 474 g/mol. The Morgan fingerprint density at radius 1 is 0.906 bits per heavy atom. The van der Waals surface area contributed by atoms with E-state index in [2.05, 4.69) is 24.5 Å². The molecule has 0 spiro atoms. The second-order valence-corrected chi connectivity index (χ2v) is 9.67. The molecule has 3 rings (SSSR count). The van der Waals surface area contributed by atoms with Crippen LogP contribution >= 0.6 is 12.4 Å². The quantitative estimate of drug-likeness (QED) is 0.491. The minimum absolute atomic E-state index is 0. The van der Waals surface area contributed by atoms with E-state index in [0.717, 1.165) is 27.4 Å². The Balaban J connectivity index is 0.00000363. The van der Waals surface area contributed by atoms with Gasteiger partial charge in [-0.05, 0) is 61.4 Å². The summed E-state index contributed by atoms with van der Waals surface area (Å²) in [5.74, 6) is -0.308. The fraction of sp³-hybridized carbons (Fsp3) is 0.208. The lowest BCUT2D eigenvalue weighted by Gasteiger charge is -2.21. The molecule has 8 heteroatoms. The molecule has 170 valence electrons. The summed E-state index contributed by atoms with van der Waals surface area (Å²) in [6, 6.07) is 22.4. The molecule has 32 heavy (non-hydrogen) atoms. The van der Waals surface area contributed by atoms with E-state index in [9.17, 15) is 13.2 Å². The molecular formula is C24H28ClN3O3S. The van der Waals surface area contributed by atoms with Crippen molar-refractivity contribution in [1.29, 1.82) is 0 Å². The molecule has 2 N–H and O–H groups in total. The van der Waals surface area contributed by atoms with E-state index >= 15 is 0 Å². The maximum atomic E-state index is 12.7. The largest absolute Gasteiger partial charge is 0.383 e. The number of nitrogens with one attached hydrogen (secondary N) is 2. The lowest BCUT2D eigenvalue weighted by Crippen LogP contribution is -2.26. The predicted molar refractivity (Wildman–Crippen MR) is 136 cm³/mol. The second kappa shape index (κ2) is 10.5. The maximum Gasteiger partial charge on any atom is 0.255 e. The molecule has 0 saturated heterocycles. The Morgan fingerprint density at radius 3 is 2.06 bits per heavy atom. The van der Waals surface area contributed by atoms with Crippen LogP contribution in [0.2, 0.25) is 0 Å². The van der Waals surface area contributed by atoms with Crippen LogP contribution in [-0.2, 0) is 10.0 Å². The third kappa shape index (κ3) is 6.24. The Bertz CT molecular complexity index is 1160. The van der Waals surface area contributed by atoms with Crippen LogP contribution in [0.1, 0.15) is 24.2 Å². The third-order valence-electron chi connectivity index (χ3n) is 4.79. The number of carbonyl (C=O) groups is 1. The van der Waals surface area contributed by atoms with Gasteiger partial charge in [-0.3, -0.25) is 9.10 Å². The van der Waals surface area contributed by atoms with Crippen molar-refractivity contribution in [3.8, 4) is 11.1 Å². The molecule has 6 nitrogen and oxygen atoms in total. The van der Waals surface area contributed by atoms with Crippen LogP contribution < -0.4 is 14.9 Å². The number of rotatable bonds is 7. The first-order valence-electron chi connectivity index (χ1n) is 9.96. The lowest BCUT2D eigenvalue weighted by atomic mass is 10.0. The molecular weight excluding hydrogens is 446 g/mol. The monoisotopic (exact) mass is 473 g/mol. The van der Waals surface area contributed by atoms with Crippen LogP contribution in [-0.4, -0.2) is 33.7 Å². The zero-order valence-corrected chi connectivity index (χ0v) is 20.1. The Hall–Kier alpha value is -3.03. The van der Waals surface area contributed by atoms with Crippen molar-refractivity contribution >= 4 is 45.4 Å². The van der Waals surface area contributed by atoms with E-state index in [4.69, 9.17) is 0 Å². The van der Waals surface area contributed by atoms with Crippen molar-refractivity contribution in [3.05, 3.63) is 78.4 Å². The van der Waals surface area contributed by atoms with Gasteiger partial charge < -0.3 is 10.6 Å². The molecule has 0 aromatic heterocycles. The van der Waals surface area contributed by atoms with Gasteiger partial charge in [0.15, 0.2) is 0 Å². The summed E-state index contributed by atoms with van der Waals surface area (Å²) in [7, 11) is -2.03. The summed E-state index contributed by atoms with van der Waals surface area (Å²) in [4.78, 5) is 12.7. The van der Waals surface area contributed by atoms with Gasteiger partial charge in [-0.1, -0.05) is 36.4 Å². The first-order chi connectivity index (χ1) is 14.6. The predicted octanol–water partition coefficient (Wildman–Crippen LogP) is 5.24. The molecule has 0 saturated carbocycles. The van der Waals surface area contributed by atoms with Gasteiger partial charge in [0.1, 0.15) is 0 Å².